The van der Waals surface area contributed by atoms with Crippen molar-refractivity contribution in [2.45, 2.75) is 37.8 Å². The molecule has 0 aliphatic carbocycles. The van der Waals surface area contributed by atoms with Gasteiger partial charge in [0, 0.05) is 18.3 Å². The van der Waals surface area contributed by atoms with Crippen molar-refractivity contribution in [3.63, 3.8) is 0 Å². The van der Waals surface area contributed by atoms with Gasteiger partial charge in [-0.2, -0.15) is 0 Å². The first kappa shape index (κ1) is 14.5. The third-order valence-electron chi connectivity index (χ3n) is 3.39. The van der Waals surface area contributed by atoms with Gasteiger partial charge in [0.2, 0.25) is 0 Å². The summed E-state index contributed by atoms with van der Waals surface area (Å²) in [7, 11) is 0. The molecule has 1 N–H and O–H groups in total. The average molecular weight is 273 g/mol. The summed E-state index contributed by atoms with van der Waals surface area (Å²) < 4.78 is 0. The Hall–Kier alpha value is -0.570. The van der Waals surface area contributed by atoms with Crippen LogP contribution in [0.4, 0.5) is 0 Å². The molecule has 4 heteroatoms. The van der Waals surface area contributed by atoms with Gasteiger partial charge in [0.05, 0.1) is 5.69 Å². The number of rotatable bonds is 1. The van der Waals surface area contributed by atoms with E-state index in [9.17, 15) is 0 Å². The second-order valence-electron chi connectivity index (χ2n) is 4.60. The summed E-state index contributed by atoms with van der Waals surface area (Å²) in [4.78, 5) is 4.35. The third kappa shape index (κ3) is 3.44. The zero-order chi connectivity index (χ0) is 10.1. The largest absolute Gasteiger partial charge is 0.311 e. The summed E-state index contributed by atoms with van der Waals surface area (Å²) in [6.45, 7) is 0. The normalized spacial score (nSPS) is 25.8. The first-order chi connectivity index (χ1) is 7.40. The minimum Gasteiger partial charge on any atom is -0.311 e. The van der Waals surface area contributed by atoms with Gasteiger partial charge in [-0.05, 0) is 43.9 Å². The fourth-order valence-electron chi connectivity index (χ4n) is 2.73. The Balaban J connectivity index is 0.000000722. The van der Waals surface area contributed by atoms with Gasteiger partial charge < -0.3 is 5.32 Å². The molecule has 17 heavy (non-hydrogen) atoms. The molecule has 2 nitrogen and oxygen atoms in total. The molecule has 0 amide bonds. The van der Waals surface area contributed by atoms with Gasteiger partial charge in [-0.15, -0.1) is 24.8 Å². The lowest BCUT2D eigenvalue weighted by atomic mass is 9.98. The van der Waals surface area contributed by atoms with Crippen LogP contribution >= 0.6 is 24.8 Å². The van der Waals surface area contributed by atoms with Crippen LogP contribution in [0.25, 0.3) is 6.08 Å². The number of pyridine rings is 1. The van der Waals surface area contributed by atoms with Crippen LogP contribution in [0.15, 0.2) is 30.0 Å². The van der Waals surface area contributed by atoms with Crippen LogP contribution < -0.4 is 5.32 Å². The minimum absolute atomic E-state index is 0. The Morgan fingerprint density at radius 2 is 1.82 bits per heavy atom. The van der Waals surface area contributed by atoms with Crippen molar-refractivity contribution in [3.05, 3.63) is 35.7 Å². The van der Waals surface area contributed by atoms with E-state index < -0.39 is 0 Å². The van der Waals surface area contributed by atoms with E-state index >= 15 is 0 Å². The molecule has 0 radical (unpaired) electrons. The number of aromatic nitrogens is 1. The zero-order valence-electron chi connectivity index (χ0n) is 9.63. The van der Waals surface area contributed by atoms with E-state index in [0.717, 1.165) is 17.8 Å². The molecule has 2 saturated heterocycles. The molecule has 94 valence electrons. The Bertz CT molecular complexity index is 364. The van der Waals surface area contributed by atoms with E-state index in [0.29, 0.717) is 0 Å². The fraction of sp³-hybridized carbons (Fsp3) is 0.462. The zero-order valence-corrected chi connectivity index (χ0v) is 11.3. The number of nitrogens with one attached hydrogen (secondary N) is 1. The van der Waals surface area contributed by atoms with Crippen molar-refractivity contribution in [1.29, 1.82) is 0 Å². The van der Waals surface area contributed by atoms with Crippen LogP contribution in [0.3, 0.4) is 0 Å². The van der Waals surface area contributed by atoms with Gasteiger partial charge >= 0.3 is 0 Å². The molecule has 0 saturated carbocycles. The molecule has 1 aromatic heterocycles. The highest BCUT2D eigenvalue weighted by Crippen LogP contribution is 2.31. The fourth-order valence-corrected chi connectivity index (χ4v) is 2.73. The highest BCUT2D eigenvalue weighted by molar-refractivity contribution is 5.85. The molecule has 0 spiro atoms. The Labute approximate surface area is 115 Å². The SMILES string of the molecule is C(=C1CC2CCC(C1)N2)c1ccccn1.Cl.Cl. The van der Waals surface area contributed by atoms with E-state index in [2.05, 4.69) is 28.5 Å². The van der Waals surface area contributed by atoms with Crippen LogP contribution in [0.2, 0.25) is 0 Å². The Morgan fingerprint density at radius 3 is 2.41 bits per heavy atom. The Kier molecular flexibility index (Phi) is 5.44. The molecule has 1 aromatic rings. The summed E-state index contributed by atoms with van der Waals surface area (Å²) in [5.74, 6) is 0. The first-order valence-corrected chi connectivity index (χ1v) is 5.77. The smallest absolute Gasteiger partial charge is 0.0629 e. The molecule has 2 atom stereocenters. The van der Waals surface area contributed by atoms with Gasteiger partial charge in [0.15, 0.2) is 0 Å². The summed E-state index contributed by atoms with van der Waals surface area (Å²) >= 11 is 0. The van der Waals surface area contributed by atoms with Crippen molar-refractivity contribution in [2.24, 2.45) is 0 Å². The third-order valence-corrected chi connectivity index (χ3v) is 3.39. The lowest BCUT2D eigenvalue weighted by Gasteiger charge is -2.23. The maximum Gasteiger partial charge on any atom is 0.0629 e. The number of hydrogen-bond acceptors (Lipinski definition) is 2. The van der Waals surface area contributed by atoms with Crippen molar-refractivity contribution < 1.29 is 0 Å². The van der Waals surface area contributed by atoms with Crippen LogP contribution in [0, 0.1) is 0 Å². The standard InChI is InChI=1S/C13H16N2.2ClH/c1-2-6-14-11(3-1)7-10-8-12-4-5-13(9-10)15-12;;/h1-3,6-7,12-13,15H,4-5,8-9H2;2*1H. The van der Waals surface area contributed by atoms with E-state index in [4.69, 9.17) is 0 Å². The molecule has 2 aliphatic heterocycles. The monoisotopic (exact) mass is 272 g/mol. The van der Waals surface area contributed by atoms with Crippen molar-refractivity contribution in [2.75, 3.05) is 0 Å². The van der Waals surface area contributed by atoms with Crippen molar-refractivity contribution in [1.82, 2.24) is 10.3 Å². The Morgan fingerprint density at radius 1 is 1.12 bits per heavy atom. The van der Waals surface area contributed by atoms with Crippen molar-refractivity contribution >= 4 is 30.9 Å². The van der Waals surface area contributed by atoms with E-state index in [-0.39, 0.29) is 24.8 Å². The summed E-state index contributed by atoms with van der Waals surface area (Å²) in [5.41, 5.74) is 2.67. The first-order valence-electron chi connectivity index (χ1n) is 5.77. The van der Waals surface area contributed by atoms with Gasteiger partial charge in [-0.25, -0.2) is 0 Å². The van der Waals surface area contributed by atoms with Crippen LogP contribution in [-0.4, -0.2) is 17.1 Å². The number of hydrogen-bond donors (Lipinski definition) is 1. The van der Waals surface area contributed by atoms with Crippen molar-refractivity contribution in [3.8, 4) is 0 Å². The number of halogens is 2. The quantitative estimate of drug-likeness (QED) is 0.849. The van der Waals surface area contributed by atoms with Crippen LogP contribution in [0.5, 0.6) is 0 Å². The molecule has 3 heterocycles. The lowest BCUT2D eigenvalue weighted by Crippen LogP contribution is -2.34. The topological polar surface area (TPSA) is 24.9 Å². The molecule has 2 aliphatic rings. The molecule has 3 rings (SSSR count). The highest BCUT2D eigenvalue weighted by Gasteiger charge is 2.29. The molecule has 2 unspecified atom stereocenters. The highest BCUT2D eigenvalue weighted by atomic mass is 35.5. The predicted molar refractivity (Wildman–Crippen MR) is 75.9 cm³/mol. The summed E-state index contributed by atoms with van der Waals surface area (Å²) in [6, 6.07) is 7.57. The molecule has 0 aromatic carbocycles. The van der Waals surface area contributed by atoms with Gasteiger partial charge in [0.1, 0.15) is 0 Å². The average Bonchev–Trinajstić information content (AvgIpc) is 2.60. The number of piperidine rings is 1. The maximum absolute atomic E-state index is 4.35. The number of nitrogens with zero attached hydrogens (tertiary/aromatic N) is 1. The van der Waals surface area contributed by atoms with Gasteiger partial charge in [-0.1, -0.05) is 11.6 Å². The maximum atomic E-state index is 4.35. The molecule has 2 bridgehead atoms. The summed E-state index contributed by atoms with van der Waals surface area (Å²) in [5, 5.41) is 3.64. The summed E-state index contributed by atoms with van der Waals surface area (Å²) in [6.07, 6.45) is 9.27. The van der Waals surface area contributed by atoms with Gasteiger partial charge in [-0.3, -0.25) is 4.98 Å². The van der Waals surface area contributed by atoms with Crippen LogP contribution in [-0.2, 0) is 0 Å². The molecular weight excluding hydrogens is 255 g/mol. The molecule has 2 fully saturated rings. The molecular formula is C13H18Cl2N2. The van der Waals surface area contributed by atoms with E-state index in [1.165, 1.54) is 25.7 Å². The van der Waals surface area contributed by atoms with E-state index in [1.54, 1.807) is 5.57 Å². The predicted octanol–water partition coefficient (Wildman–Crippen LogP) is 3.22. The number of fused-ring (bicyclic) bond motifs is 2. The second-order valence-corrected chi connectivity index (χ2v) is 4.60. The van der Waals surface area contributed by atoms with E-state index in [1.807, 2.05) is 12.3 Å². The second kappa shape index (κ2) is 6.39. The minimum atomic E-state index is 0. The van der Waals surface area contributed by atoms with Gasteiger partial charge in [0.25, 0.3) is 0 Å². The lowest BCUT2D eigenvalue weighted by molar-refractivity contribution is 0.476. The van der Waals surface area contributed by atoms with Crippen LogP contribution in [0.1, 0.15) is 31.4 Å².